The zero-order chi connectivity index (χ0) is 18.8. The molecule has 10 heteroatoms. The number of carbonyl (C=O) groups is 4. The fourth-order valence-corrected chi connectivity index (χ4v) is 3.35. The van der Waals surface area contributed by atoms with E-state index in [1.807, 2.05) is 0 Å². The van der Waals surface area contributed by atoms with Crippen LogP contribution in [0.5, 0.6) is 0 Å². The average Bonchev–Trinajstić information content (AvgIpc) is 3.08. The summed E-state index contributed by atoms with van der Waals surface area (Å²) in [4.78, 5) is 48.7. The molecule has 9 nitrogen and oxygen atoms in total. The van der Waals surface area contributed by atoms with Crippen molar-refractivity contribution in [3.8, 4) is 0 Å². The normalized spacial score (nSPS) is 16.2. The zero-order valence-electron chi connectivity index (χ0n) is 14.7. The molecule has 0 bridgehead atoms. The van der Waals surface area contributed by atoms with Crippen LogP contribution in [0, 0.1) is 0 Å². The Morgan fingerprint density at radius 2 is 1.80 bits per heavy atom. The monoisotopic (exact) mass is 373 g/mol. The summed E-state index contributed by atoms with van der Waals surface area (Å²) in [6, 6.07) is -1.50. The van der Waals surface area contributed by atoms with Crippen LogP contribution in [0.4, 0.5) is 0 Å². The van der Waals surface area contributed by atoms with E-state index in [0.717, 1.165) is 12.8 Å². The standard InChI is InChI=1S/C15H27N5O4S/c1-10(21)18-9-25-8-12(15(24)20-5-3-4-6-20)19-14(23)11(17-2)7-13(16)22/h11-12,17H,3-9H2,1-2H3,(H2,16,22)(H,18,21)(H,19,23)/t11-,12-/m0/s1. The van der Waals surface area contributed by atoms with Gasteiger partial charge in [-0.2, -0.15) is 0 Å². The summed E-state index contributed by atoms with van der Waals surface area (Å²) in [5, 5.41) is 8.07. The molecule has 1 aliphatic rings. The highest BCUT2D eigenvalue weighted by molar-refractivity contribution is 7.99. The van der Waals surface area contributed by atoms with E-state index in [0.29, 0.717) is 24.7 Å². The van der Waals surface area contributed by atoms with Gasteiger partial charge in [-0.25, -0.2) is 0 Å². The van der Waals surface area contributed by atoms with Crippen LogP contribution < -0.4 is 21.7 Å². The fourth-order valence-electron chi connectivity index (χ4n) is 2.46. The molecule has 1 fully saturated rings. The molecular formula is C15H27N5O4S. The number of nitrogens with two attached hydrogens (primary N) is 1. The molecule has 0 aromatic carbocycles. The maximum Gasteiger partial charge on any atom is 0.246 e. The van der Waals surface area contributed by atoms with Gasteiger partial charge in [-0.05, 0) is 19.9 Å². The van der Waals surface area contributed by atoms with E-state index in [1.54, 1.807) is 11.9 Å². The molecule has 1 aliphatic heterocycles. The molecule has 0 saturated carbocycles. The van der Waals surface area contributed by atoms with Crippen LogP contribution in [0.15, 0.2) is 0 Å². The summed E-state index contributed by atoms with van der Waals surface area (Å²) in [5.74, 6) is -0.665. The lowest BCUT2D eigenvalue weighted by atomic mass is 10.1. The first-order chi connectivity index (χ1) is 11.8. The van der Waals surface area contributed by atoms with Crippen molar-refractivity contribution in [2.24, 2.45) is 5.73 Å². The van der Waals surface area contributed by atoms with Crippen LogP contribution in [0.3, 0.4) is 0 Å². The Kier molecular flexibility index (Phi) is 9.28. The molecule has 142 valence electrons. The van der Waals surface area contributed by atoms with Crippen LogP contribution in [0.25, 0.3) is 0 Å². The number of likely N-dealkylation sites (tertiary alicyclic amines) is 1. The fraction of sp³-hybridized carbons (Fsp3) is 0.733. The smallest absolute Gasteiger partial charge is 0.246 e. The van der Waals surface area contributed by atoms with Gasteiger partial charge in [0.15, 0.2) is 0 Å². The molecular weight excluding hydrogens is 346 g/mol. The van der Waals surface area contributed by atoms with Gasteiger partial charge in [0.2, 0.25) is 23.6 Å². The Balaban J connectivity index is 2.67. The first kappa shape index (κ1) is 21.2. The second kappa shape index (κ2) is 10.9. The highest BCUT2D eigenvalue weighted by Gasteiger charge is 2.30. The summed E-state index contributed by atoms with van der Waals surface area (Å²) in [7, 11) is 1.55. The van der Waals surface area contributed by atoms with E-state index in [2.05, 4.69) is 16.0 Å². The maximum atomic E-state index is 12.6. The predicted molar refractivity (Wildman–Crippen MR) is 95.5 cm³/mol. The van der Waals surface area contributed by atoms with Gasteiger partial charge in [-0.15, -0.1) is 11.8 Å². The molecule has 0 spiro atoms. The summed E-state index contributed by atoms with van der Waals surface area (Å²) >= 11 is 1.35. The summed E-state index contributed by atoms with van der Waals surface area (Å²) in [6.45, 7) is 2.77. The van der Waals surface area contributed by atoms with Gasteiger partial charge >= 0.3 is 0 Å². The average molecular weight is 373 g/mol. The lowest BCUT2D eigenvalue weighted by Crippen LogP contribution is -2.54. The van der Waals surface area contributed by atoms with E-state index in [9.17, 15) is 19.2 Å². The van der Waals surface area contributed by atoms with Gasteiger partial charge in [-0.3, -0.25) is 19.2 Å². The van der Waals surface area contributed by atoms with Crippen LogP contribution in [0.1, 0.15) is 26.2 Å². The molecule has 1 saturated heterocycles. The number of hydrogen-bond donors (Lipinski definition) is 4. The quantitative estimate of drug-likeness (QED) is 0.269. The first-order valence-electron chi connectivity index (χ1n) is 8.22. The Labute approximate surface area is 151 Å². The highest BCUT2D eigenvalue weighted by atomic mass is 32.2. The van der Waals surface area contributed by atoms with Crippen molar-refractivity contribution in [1.82, 2.24) is 20.9 Å². The van der Waals surface area contributed by atoms with Crippen molar-refractivity contribution in [2.45, 2.75) is 38.3 Å². The van der Waals surface area contributed by atoms with Crippen molar-refractivity contribution in [3.63, 3.8) is 0 Å². The Hall–Kier alpha value is -1.81. The maximum absolute atomic E-state index is 12.6. The molecule has 5 N–H and O–H groups in total. The molecule has 0 aliphatic carbocycles. The summed E-state index contributed by atoms with van der Waals surface area (Å²) in [6.07, 6.45) is 1.75. The number of rotatable bonds is 10. The lowest BCUT2D eigenvalue weighted by molar-refractivity contribution is -0.135. The zero-order valence-corrected chi connectivity index (χ0v) is 15.5. The van der Waals surface area contributed by atoms with Crippen LogP contribution in [0.2, 0.25) is 0 Å². The molecule has 2 atom stereocenters. The molecule has 0 unspecified atom stereocenters. The largest absolute Gasteiger partial charge is 0.370 e. The predicted octanol–water partition coefficient (Wildman–Crippen LogP) is -1.62. The van der Waals surface area contributed by atoms with Gasteiger partial charge in [0, 0.05) is 25.8 Å². The number of likely N-dealkylation sites (N-methyl/N-ethyl adjacent to an activating group) is 1. The van der Waals surface area contributed by atoms with Gasteiger partial charge in [0.25, 0.3) is 0 Å². The van der Waals surface area contributed by atoms with Crippen LogP contribution >= 0.6 is 11.8 Å². The molecule has 0 aromatic heterocycles. The van der Waals surface area contributed by atoms with Crippen molar-refractivity contribution < 1.29 is 19.2 Å². The van der Waals surface area contributed by atoms with Gasteiger partial charge in [0.05, 0.1) is 18.3 Å². The second-order valence-corrected chi connectivity index (χ2v) is 6.88. The highest BCUT2D eigenvalue weighted by Crippen LogP contribution is 2.12. The number of nitrogens with zero attached hydrogens (tertiary/aromatic N) is 1. The van der Waals surface area contributed by atoms with E-state index >= 15 is 0 Å². The number of thioether (sulfide) groups is 1. The number of hydrogen-bond acceptors (Lipinski definition) is 6. The van der Waals surface area contributed by atoms with Gasteiger partial charge < -0.3 is 26.6 Å². The molecule has 1 heterocycles. The summed E-state index contributed by atoms with van der Waals surface area (Å²) < 4.78 is 0. The summed E-state index contributed by atoms with van der Waals surface area (Å²) in [5.41, 5.74) is 5.15. The van der Waals surface area contributed by atoms with Crippen molar-refractivity contribution in [3.05, 3.63) is 0 Å². The second-order valence-electron chi connectivity index (χ2n) is 5.85. The van der Waals surface area contributed by atoms with Crippen molar-refractivity contribution in [1.29, 1.82) is 0 Å². The number of nitrogens with one attached hydrogen (secondary N) is 3. The lowest BCUT2D eigenvalue weighted by Gasteiger charge is -2.25. The Morgan fingerprint density at radius 1 is 1.16 bits per heavy atom. The molecule has 0 radical (unpaired) electrons. The minimum Gasteiger partial charge on any atom is -0.370 e. The molecule has 1 rings (SSSR count). The van der Waals surface area contributed by atoms with Gasteiger partial charge in [0.1, 0.15) is 6.04 Å². The van der Waals surface area contributed by atoms with E-state index in [4.69, 9.17) is 5.73 Å². The number of carbonyl (C=O) groups excluding carboxylic acids is 4. The SMILES string of the molecule is CN[C@@H](CC(N)=O)C(=O)N[C@@H](CSCNC(C)=O)C(=O)N1CCCC1. The minimum absolute atomic E-state index is 0.143. The van der Waals surface area contributed by atoms with Crippen LogP contribution in [-0.4, -0.2) is 72.4 Å². The van der Waals surface area contributed by atoms with Crippen molar-refractivity contribution in [2.75, 3.05) is 31.8 Å². The van der Waals surface area contributed by atoms with Crippen molar-refractivity contribution >= 4 is 35.4 Å². The molecule has 25 heavy (non-hydrogen) atoms. The van der Waals surface area contributed by atoms with E-state index in [-0.39, 0.29) is 18.2 Å². The third-order valence-corrected chi connectivity index (χ3v) is 4.73. The Bertz CT molecular complexity index is 496. The Morgan fingerprint density at radius 3 is 2.32 bits per heavy atom. The van der Waals surface area contributed by atoms with Gasteiger partial charge in [-0.1, -0.05) is 0 Å². The number of amides is 4. The van der Waals surface area contributed by atoms with E-state index < -0.39 is 23.9 Å². The van der Waals surface area contributed by atoms with Crippen LogP contribution in [-0.2, 0) is 19.2 Å². The minimum atomic E-state index is -0.785. The molecule has 4 amide bonds. The van der Waals surface area contributed by atoms with E-state index in [1.165, 1.54) is 18.7 Å². The third-order valence-electron chi connectivity index (χ3n) is 3.81. The first-order valence-corrected chi connectivity index (χ1v) is 9.37. The number of primary amides is 1. The molecule has 0 aromatic rings. The topological polar surface area (TPSA) is 134 Å². The third kappa shape index (κ3) is 7.74.